The third kappa shape index (κ3) is 15.1. The predicted molar refractivity (Wildman–Crippen MR) is 59.2 cm³/mol. The first kappa shape index (κ1) is 18.4. The van der Waals surface area contributed by atoms with Crippen LogP contribution in [0, 0.1) is 0 Å². The average molecular weight is 271 g/mol. The number of rotatable bonds is 4. The summed E-state index contributed by atoms with van der Waals surface area (Å²) in [4.78, 5) is 37.0. The largest absolute Gasteiger partial charge is 0.458 e. The zero-order chi connectivity index (χ0) is 13.9. The van der Waals surface area contributed by atoms with Gasteiger partial charge in [0.1, 0.15) is 0 Å². The van der Waals surface area contributed by atoms with Crippen molar-refractivity contribution in [3.63, 3.8) is 0 Å². The van der Waals surface area contributed by atoms with Crippen molar-refractivity contribution in [1.82, 2.24) is 0 Å². The van der Waals surface area contributed by atoms with Gasteiger partial charge in [0, 0.05) is 6.54 Å². The van der Waals surface area contributed by atoms with Gasteiger partial charge in [-0.1, -0.05) is 0 Å². The molecule has 0 atom stereocenters. The summed E-state index contributed by atoms with van der Waals surface area (Å²) >= 11 is 0. The second-order valence-corrected chi connectivity index (χ2v) is 4.39. The molecule has 0 aromatic carbocycles. The molecule has 0 bridgehead atoms. The summed E-state index contributed by atoms with van der Waals surface area (Å²) in [5, 5.41) is 0. The van der Waals surface area contributed by atoms with Crippen LogP contribution in [0.25, 0.3) is 0 Å². The minimum absolute atomic E-state index is 0.0459. The van der Waals surface area contributed by atoms with Crippen LogP contribution >= 0.6 is 7.60 Å². The van der Waals surface area contributed by atoms with Gasteiger partial charge < -0.3 is 25.0 Å². The maximum Gasteiger partial charge on any atom is 0.417 e. The van der Waals surface area contributed by atoms with Crippen LogP contribution in [0.1, 0.15) is 13.8 Å². The van der Waals surface area contributed by atoms with Crippen molar-refractivity contribution in [3.8, 4) is 0 Å². The smallest absolute Gasteiger partial charge is 0.417 e. The van der Waals surface area contributed by atoms with Gasteiger partial charge in [0.15, 0.2) is 0 Å². The number of carbonyl (C=O) groups excluding carboxylic acids is 2. The van der Waals surface area contributed by atoms with Crippen LogP contribution < -0.4 is 5.73 Å². The molecular weight excluding hydrogens is 253 g/mol. The summed E-state index contributed by atoms with van der Waals surface area (Å²) in [6.45, 7) is 3.67. The second-order valence-electron chi connectivity index (χ2n) is 2.62. The standard InChI is InChI=1S/C6H10O4.C2H8NO3P/c1-3-9-5(7)6(8)10-4-2;3-1-2-7(4,5)6/h3-4H2,1-2H3;1-3H2,(H2,4,5,6). The first-order valence-corrected chi connectivity index (χ1v) is 6.66. The molecule has 0 amide bonds. The Morgan fingerprint density at radius 1 is 1.12 bits per heavy atom. The van der Waals surface area contributed by atoms with E-state index in [1.165, 1.54) is 0 Å². The molecule has 0 aliphatic rings. The topological polar surface area (TPSA) is 136 Å². The predicted octanol–water partition coefficient (Wildman–Crippen LogP) is -0.765. The summed E-state index contributed by atoms with van der Waals surface area (Å²) in [5.41, 5.74) is 4.82. The molecule has 0 aliphatic carbocycles. The Hall–Kier alpha value is -0.950. The van der Waals surface area contributed by atoms with E-state index in [-0.39, 0.29) is 25.9 Å². The summed E-state index contributed by atoms with van der Waals surface area (Å²) in [6.07, 6.45) is -0.215. The highest BCUT2D eigenvalue weighted by molar-refractivity contribution is 7.51. The van der Waals surface area contributed by atoms with Crippen LogP contribution in [0.5, 0.6) is 0 Å². The minimum atomic E-state index is -3.79. The highest BCUT2D eigenvalue weighted by Gasteiger charge is 2.14. The molecule has 17 heavy (non-hydrogen) atoms. The van der Waals surface area contributed by atoms with E-state index in [2.05, 4.69) is 9.47 Å². The highest BCUT2D eigenvalue weighted by Crippen LogP contribution is 2.32. The van der Waals surface area contributed by atoms with Gasteiger partial charge in [0.25, 0.3) is 0 Å². The van der Waals surface area contributed by atoms with E-state index in [0.717, 1.165) is 0 Å². The summed E-state index contributed by atoms with van der Waals surface area (Å²) in [5.74, 6) is -1.85. The van der Waals surface area contributed by atoms with Gasteiger partial charge in [-0.3, -0.25) is 4.57 Å². The Balaban J connectivity index is 0. The maximum atomic E-state index is 10.4. The molecule has 0 heterocycles. The van der Waals surface area contributed by atoms with E-state index >= 15 is 0 Å². The molecule has 0 spiro atoms. The number of esters is 2. The molecule has 0 unspecified atom stereocenters. The van der Waals surface area contributed by atoms with Crippen molar-refractivity contribution < 1.29 is 33.4 Å². The fourth-order valence-electron chi connectivity index (χ4n) is 0.548. The van der Waals surface area contributed by atoms with E-state index in [4.69, 9.17) is 15.5 Å². The molecule has 0 radical (unpaired) electrons. The van der Waals surface area contributed by atoms with Crippen LogP contribution in [0.3, 0.4) is 0 Å². The van der Waals surface area contributed by atoms with Crippen LogP contribution in [-0.4, -0.2) is 47.6 Å². The van der Waals surface area contributed by atoms with E-state index < -0.39 is 19.5 Å². The van der Waals surface area contributed by atoms with Crippen molar-refractivity contribution in [2.45, 2.75) is 13.8 Å². The monoisotopic (exact) mass is 271 g/mol. The molecule has 9 heteroatoms. The van der Waals surface area contributed by atoms with Gasteiger partial charge in [-0.15, -0.1) is 0 Å². The van der Waals surface area contributed by atoms with E-state index in [1.54, 1.807) is 13.8 Å². The van der Waals surface area contributed by atoms with Crippen LogP contribution in [0.15, 0.2) is 0 Å². The van der Waals surface area contributed by atoms with Gasteiger partial charge in [0.2, 0.25) is 0 Å². The third-order valence-electron chi connectivity index (χ3n) is 1.14. The Kier molecular flexibility index (Phi) is 11.1. The summed E-state index contributed by atoms with van der Waals surface area (Å²) < 4.78 is 18.5. The molecule has 0 saturated carbocycles. The molecule has 8 nitrogen and oxygen atoms in total. The quantitative estimate of drug-likeness (QED) is 0.344. The van der Waals surface area contributed by atoms with Crippen LogP contribution in [0.2, 0.25) is 0 Å². The van der Waals surface area contributed by atoms with Gasteiger partial charge in [-0.05, 0) is 13.8 Å². The molecule has 0 saturated heterocycles. The van der Waals surface area contributed by atoms with Gasteiger partial charge in [0.05, 0.1) is 19.4 Å². The molecule has 102 valence electrons. The molecule has 0 rings (SSSR count). The lowest BCUT2D eigenvalue weighted by Crippen LogP contribution is -2.19. The van der Waals surface area contributed by atoms with E-state index in [0.29, 0.717) is 0 Å². The third-order valence-corrected chi connectivity index (χ3v) is 1.98. The summed E-state index contributed by atoms with van der Waals surface area (Å²) in [7, 11) is -3.79. The number of carbonyl (C=O) groups is 2. The lowest BCUT2D eigenvalue weighted by Gasteiger charge is -1.99. The van der Waals surface area contributed by atoms with Crippen LogP contribution in [-0.2, 0) is 23.6 Å². The van der Waals surface area contributed by atoms with Crippen molar-refractivity contribution in [3.05, 3.63) is 0 Å². The second kappa shape index (κ2) is 10.2. The van der Waals surface area contributed by atoms with Crippen LogP contribution in [0.4, 0.5) is 0 Å². The number of ether oxygens (including phenoxy) is 2. The fourth-order valence-corrected chi connectivity index (χ4v) is 0.885. The Morgan fingerprint density at radius 3 is 1.59 bits per heavy atom. The molecular formula is C8H18NO7P. The Morgan fingerprint density at radius 2 is 1.47 bits per heavy atom. The van der Waals surface area contributed by atoms with Gasteiger partial charge in [-0.25, -0.2) is 9.59 Å². The van der Waals surface area contributed by atoms with Crippen molar-refractivity contribution in [1.29, 1.82) is 0 Å². The van der Waals surface area contributed by atoms with Crippen molar-refractivity contribution in [2.75, 3.05) is 25.9 Å². The Bertz CT molecular complexity index is 259. The zero-order valence-corrected chi connectivity index (χ0v) is 10.7. The average Bonchev–Trinajstić information content (AvgIpc) is 2.17. The van der Waals surface area contributed by atoms with Gasteiger partial charge in [-0.2, -0.15) is 0 Å². The zero-order valence-electron chi connectivity index (χ0n) is 9.79. The highest BCUT2D eigenvalue weighted by atomic mass is 31.2. The van der Waals surface area contributed by atoms with E-state index in [1.807, 2.05) is 0 Å². The van der Waals surface area contributed by atoms with Crippen molar-refractivity contribution in [2.24, 2.45) is 5.73 Å². The first-order valence-electron chi connectivity index (χ1n) is 4.87. The number of hydrogen-bond donors (Lipinski definition) is 3. The fraction of sp³-hybridized carbons (Fsp3) is 0.750. The molecule has 0 aromatic heterocycles. The maximum absolute atomic E-state index is 10.4. The lowest BCUT2D eigenvalue weighted by atomic mass is 10.7. The molecule has 0 aliphatic heterocycles. The molecule has 0 aromatic rings. The SMILES string of the molecule is CCOC(=O)C(=O)OCC.NCCP(=O)(O)O. The molecule has 4 N–H and O–H groups in total. The normalized spacial score (nSPS) is 9.94. The van der Waals surface area contributed by atoms with E-state index in [9.17, 15) is 14.2 Å². The van der Waals surface area contributed by atoms with Gasteiger partial charge >= 0.3 is 19.5 Å². The lowest BCUT2D eigenvalue weighted by molar-refractivity contribution is -0.167. The number of nitrogens with two attached hydrogens (primary N) is 1. The number of hydrogen-bond acceptors (Lipinski definition) is 6. The minimum Gasteiger partial charge on any atom is -0.458 e. The Labute approximate surface area is 99.2 Å². The first-order chi connectivity index (χ1) is 7.78. The van der Waals surface area contributed by atoms with Crippen molar-refractivity contribution >= 4 is 19.5 Å². The molecule has 0 fully saturated rings. The summed E-state index contributed by atoms with van der Waals surface area (Å²) in [6, 6.07) is 0.